The predicted molar refractivity (Wildman–Crippen MR) is 107 cm³/mol. The lowest BCUT2D eigenvalue weighted by Gasteiger charge is -2.15. The van der Waals surface area contributed by atoms with Gasteiger partial charge in [0.25, 0.3) is 5.91 Å². The fourth-order valence-corrected chi connectivity index (χ4v) is 3.12. The molecule has 140 valence electrons. The van der Waals surface area contributed by atoms with Crippen LogP contribution in [0.2, 0.25) is 5.02 Å². The number of benzene rings is 2. The summed E-state index contributed by atoms with van der Waals surface area (Å²) in [6.45, 7) is 0. The molecule has 3 rings (SSSR count). The van der Waals surface area contributed by atoms with Crippen LogP contribution in [-0.2, 0) is 0 Å². The van der Waals surface area contributed by atoms with Crippen molar-refractivity contribution in [1.82, 2.24) is 0 Å². The van der Waals surface area contributed by atoms with Crippen LogP contribution in [0.25, 0.3) is 0 Å². The van der Waals surface area contributed by atoms with Crippen LogP contribution in [0.5, 0.6) is 11.5 Å². The van der Waals surface area contributed by atoms with E-state index in [2.05, 4.69) is 5.32 Å². The molecule has 1 saturated carbocycles. The number of methoxy groups -OCH3 is 1. The quantitative estimate of drug-likeness (QED) is 0.702. The highest BCUT2D eigenvalue weighted by atomic mass is 35.5. The number of carbonyl (C=O) groups is 1. The number of halogens is 2. The molecule has 0 aliphatic heterocycles. The largest absolute Gasteiger partial charge is 0.496 e. The zero-order valence-corrected chi connectivity index (χ0v) is 16.0. The van der Waals surface area contributed by atoms with Gasteiger partial charge in [-0.25, -0.2) is 0 Å². The number of rotatable bonds is 5. The van der Waals surface area contributed by atoms with E-state index in [-0.39, 0.29) is 24.4 Å². The molecule has 2 aromatic carbocycles. The molecule has 0 heterocycles. The summed E-state index contributed by atoms with van der Waals surface area (Å²) in [6, 6.07) is 10.4. The van der Waals surface area contributed by atoms with Crippen molar-refractivity contribution in [3.05, 3.63) is 47.0 Å². The standard InChI is InChI=1S/C19H21ClN2O3.ClH/c1-24-18-11-17(21)16(20)10-15(18)19(23)22-12-5-4-8-14(9-12)25-13-6-2-3-7-13;/h4-5,8-11,13H,2-3,6-7,21H2,1H3,(H,22,23);1H. The Hall–Kier alpha value is -2.11. The summed E-state index contributed by atoms with van der Waals surface area (Å²) in [7, 11) is 1.48. The summed E-state index contributed by atoms with van der Waals surface area (Å²) in [4.78, 5) is 12.6. The van der Waals surface area contributed by atoms with E-state index in [1.165, 1.54) is 32.1 Å². The second kappa shape index (κ2) is 9.01. The van der Waals surface area contributed by atoms with Gasteiger partial charge in [-0.05, 0) is 43.9 Å². The fraction of sp³-hybridized carbons (Fsp3) is 0.316. The van der Waals surface area contributed by atoms with Crippen molar-refractivity contribution in [3.8, 4) is 11.5 Å². The zero-order valence-electron chi connectivity index (χ0n) is 14.5. The molecule has 1 fully saturated rings. The van der Waals surface area contributed by atoms with Gasteiger partial charge in [-0.1, -0.05) is 17.7 Å². The highest BCUT2D eigenvalue weighted by Crippen LogP contribution is 2.30. The number of anilines is 2. The zero-order chi connectivity index (χ0) is 17.8. The molecule has 2 aromatic rings. The molecular formula is C19H22Cl2N2O3. The Labute approximate surface area is 164 Å². The van der Waals surface area contributed by atoms with Crippen LogP contribution in [0.1, 0.15) is 36.0 Å². The number of hydrogen-bond donors (Lipinski definition) is 2. The Morgan fingerprint density at radius 3 is 2.65 bits per heavy atom. The molecule has 0 spiro atoms. The molecule has 3 N–H and O–H groups in total. The van der Waals surface area contributed by atoms with E-state index in [0.29, 0.717) is 27.7 Å². The maximum absolute atomic E-state index is 12.6. The smallest absolute Gasteiger partial charge is 0.259 e. The number of nitrogen functional groups attached to an aromatic ring is 1. The maximum atomic E-state index is 12.6. The van der Waals surface area contributed by atoms with E-state index in [9.17, 15) is 4.79 Å². The lowest BCUT2D eigenvalue weighted by molar-refractivity contribution is 0.102. The molecule has 0 atom stereocenters. The summed E-state index contributed by atoms with van der Waals surface area (Å²) < 4.78 is 11.2. The summed E-state index contributed by atoms with van der Waals surface area (Å²) in [5.41, 5.74) is 7.09. The first-order chi connectivity index (χ1) is 12.1. The molecular weight excluding hydrogens is 375 g/mol. The van der Waals surface area contributed by atoms with Gasteiger partial charge in [0, 0.05) is 17.8 Å². The van der Waals surface area contributed by atoms with Crippen LogP contribution in [0.3, 0.4) is 0 Å². The molecule has 1 aliphatic rings. The average molecular weight is 397 g/mol. The molecule has 5 nitrogen and oxygen atoms in total. The fourth-order valence-electron chi connectivity index (χ4n) is 2.96. The number of nitrogens with two attached hydrogens (primary N) is 1. The molecule has 0 radical (unpaired) electrons. The molecule has 0 unspecified atom stereocenters. The highest BCUT2D eigenvalue weighted by molar-refractivity contribution is 6.33. The van der Waals surface area contributed by atoms with Crippen LogP contribution in [-0.4, -0.2) is 19.1 Å². The van der Waals surface area contributed by atoms with Gasteiger partial charge >= 0.3 is 0 Å². The monoisotopic (exact) mass is 396 g/mol. The summed E-state index contributed by atoms with van der Waals surface area (Å²) >= 11 is 6.03. The van der Waals surface area contributed by atoms with Crippen LogP contribution in [0, 0.1) is 0 Å². The molecule has 1 amide bonds. The van der Waals surface area contributed by atoms with Crippen LogP contribution < -0.4 is 20.5 Å². The first-order valence-corrected chi connectivity index (χ1v) is 8.65. The lowest BCUT2D eigenvalue weighted by atomic mass is 10.1. The molecule has 0 bridgehead atoms. The van der Waals surface area contributed by atoms with Gasteiger partial charge < -0.3 is 20.5 Å². The number of ether oxygens (including phenoxy) is 2. The summed E-state index contributed by atoms with van der Waals surface area (Å²) in [5.74, 6) is 0.807. The van der Waals surface area contributed by atoms with E-state index < -0.39 is 0 Å². The minimum atomic E-state index is -0.322. The molecule has 0 saturated heterocycles. The van der Waals surface area contributed by atoms with E-state index in [1.54, 1.807) is 0 Å². The normalized spacial score (nSPS) is 13.8. The van der Waals surface area contributed by atoms with Crippen molar-refractivity contribution in [3.63, 3.8) is 0 Å². The third-order valence-electron chi connectivity index (χ3n) is 4.26. The number of carbonyl (C=O) groups excluding carboxylic acids is 1. The van der Waals surface area contributed by atoms with E-state index in [0.717, 1.165) is 18.6 Å². The van der Waals surface area contributed by atoms with Gasteiger partial charge in [-0.2, -0.15) is 0 Å². The third kappa shape index (κ3) is 4.74. The second-order valence-corrected chi connectivity index (χ2v) is 6.49. The van der Waals surface area contributed by atoms with Gasteiger partial charge in [0.2, 0.25) is 0 Å². The predicted octanol–water partition coefficient (Wildman–Crippen LogP) is 4.93. The van der Waals surface area contributed by atoms with E-state index in [4.69, 9.17) is 26.8 Å². The van der Waals surface area contributed by atoms with Crippen molar-refractivity contribution in [2.45, 2.75) is 31.8 Å². The Bertz CT molecular complexity index is 777. The first-order valence-electron chi connectivity index (χ1n) is 8.28. The average Bonchev–Trinajstić information content (AvgIpc) is 3.10. The van der Waals surface area contributed by atoms with Crippen molar-refractivity contribution in [2.75, 3.05) is 18.2 Å². The Morgan fingerprint density at radius 1 is 1.23 bits per heavy atom. The highest BCUT2D eigenvalue weighted by Gasteiger charge is 2.18. The van der Waals surface area contributed by atoms with E-state index in [1.807, 2.05) is 24.3 Å². The Morgan fingerprint density at radius 2 is 1.96 bits per heavy atom. The van der Waals surface area contributed by atoms with Gasteiger partial charge in [-0.3, -0.25) is 4.79 Å². The maximum Gasteiger partial charge on any atom is 0.259 e. The molecule has 0 aromatic heterocycles. The first kappa shape index (κ1) is 20.2. The summed E-state index contributed by atoms with van der Waals surface area (Å²) in [5, 5.41) is 3.16. The summed E-state index contributed by atoms with van der Waals surface area (Å²) in [6.07, 6.45) is 4.84. The number of amides is 1. The SMILES string of the molecule is COc1cc(N)c(Cl)cc1C(=O)Nc1cccc(OC2CCCC2)c1.Cl. The number of hydrogen-bond acceptors (Lipinski definition) is 4. The molecule has 7 heteroatoms. The molecule has 26 heavy (non-hydrogen) atoms. The number of nitrogens with one attached hydrogen (secondary N) is 1. The van der Waals surface area contributed by atoms with Crippen LogP contribution in [0.4, 0.5) is 11.4 Å². The van der Waals surface area contributed by atoms with E-state index >= 15 is 0 Å². The minimum absolute atomic E-state index is 0. The van der Waals surface area contributed by atoms with Crippen molar-refractivity contribution in [2.24, 2.45) is 0 Å². The van der Waals surface area contributed by atoms with Crippen molar-refractivity contribution < 1.29 is 14.3 Å². The topological polar surface area (TPSA) is 73.6 Å². The Kier molecular flexibility index (Phi) is 7.00. The van der Waals surface area contributed by atoms with Crippen LogP contribution >= 0.6 is 24.0 Å². The minimum Gasteiger partial charge on any atom is -0.496 e. The van der Waals surface area contributed by atoms with Gasteiger partial charge in [0.15, 0.2) is 0 Å². The van der Waals surface area contributed by atoms with Gasteiger partial charge in [0.05, 0.1) is 29.5 Å². The van der Waals surface area contributed by atoms with Gasteiger partial charge in [0.1, 0.15) is 11.5 Å². The second-order valence-electron chi connectivity index (χ2n) is 6.08. The van der Waals surface area contributed by atoms with Crippen LogP contribution in [0.15, 0.2) is 36.4 Å². The lowest BCUT2D eigenvalue weighted by Crippen LogP contribution is -2.14. The van der Waals surface area contributed by atoms with Crippen molar-refractivity contribution >= 4 is 41.3 Å². The van der Waals surface area contributed by atoms with Gasteiger partial charge in [-0.15, -0.1) is 12.4 Å². The van der Waals surface area contributed by atoms with Crippen molar-refractivity contribution in [1.29, 1.82) is 0 Å². The third-order valence-corrected chi connectivity index (χ3v) is 4.59. The Balaban J connectivity index is 0.00000243. The molecule has 1 aliphatic carbocycles.